The fourth-order valence-corrected chi connectivity index (χ4v) is 2.64. The predicted molar refractivity (Wildman–Crippen MR) is 107 cm³/mol. The molecule has 0 aromatic heterocycles. The highest BCUT2D eigenvalue weighted by molar-refractivity contribution is 14.1. The van der Waals surface area contributed by atoms with Crippen molar-refractivity contribution in [3.63, 3.8) is 0 Å². The first-order chi connectivity index (χ1) is 12.0. The first-order valence-electron chi connectivity index (χ1n) is 7.30. The lowest BCUT2D eigenvalue weighted by Gasteiger charge is -2.12. The highest BCUT2D eigenvalue weighted by atomic mass is 127. The van der Waals surface area contributed by atoms with E-state index in [9.17, 15) is 9.59 Å². The Kier molecular flexibility index (Phi) is 7.14. The van der Waals surface area contributed by atoms with Crippen LogP contribution in [0.15, 0.2) is 48.5 Å². The summed E-state index contributed by atoms with van der Waals surface area (Å²) >= 11 is 7.05. The van der Waals surface area contributed by atoms with Crippen LogP contribution in [-0.4, -0.2) is 23.5 Å². The van der Waals surface area contributed by atoms with Gasteiger partial charge in [-0.1, -0.05) is 24.3 Å². The van der Waals surface area contributed by atoms with Gasteiger partial charge in [-0.05, 0) is 71.6 Å². The van der Waals surface area contributed by atoms with Crippen molar-refractivity contribution in [1.82, 2.24) is 16.2 Å². The van der Waals surface area contributed by atoms with Crippen LogP contribution in [0.5, 0.6) is 5.75 Å². The summed E-state index contributed by atoms with van der Waals surface area (Å²) < 4.78 is 6.17. The molecule has 3 N–H and O–H groups in total. The summed E-state index contributed by atoms with van der Waals surface area (Å²) in [5.41, 5.74) is 6.37. The molecule has 0 bridgehead atoms. The zero-order valence-corrected chi connectivity index (χ0v) is 16.3. The van der Waals surface area contributed by atoms with Crippen LogP contribution in [0.2, 0.25) is 0 Å². The van der Waals surface area contributed by atoms with Gasteiger partial charge in [-0.15, -0.1) is 0 Å². The van der Waals surface area contributed by atoms with Crippen molar-refractivity contribution in [2.24, 2.45) is 0 Å². The first kappa shape index (κ1) is 19.1. The van der Waals surface area contributed by atoms with Gasteiger partial charge >= 0.3 is 0 Å². The van der Waals surface area contributed by atoms with E-state index in [-0.39, 0.29) is 17.6 Å². The number of benzene rings is 2. The summed E-state index contributed by atoms with van der Waals surface area (Å²) in [6.45, 7) is 1.76. The van der Waals surface area contributed by atoms with Gasteiger partial charge in [-0.3, -0.25) is 25.8 Å². The molecule has 0 fully saturated rings. The average molecular weight is 469 g/mol. The Morgan fingerprint density at radius 1 is 1.12 bits per heavy atom. The van der Waals surface area contributed by atoms with E-state index in [0.717, 1.165) is 9.13 Å². The number of carbonyl (C=O) groups is 2. The molecule has 2 aromatic rings. The lowest BCUT2D eigenvalue weighted by atomic mass is 10.2. The van der Waals surface area contributed by atoms with Gasteiger partial charge in [0.1, 0.15) is 5.75 Å². The van der Waals surface area contributed by atoms with Crippen molar-refractivity contribution < 1.29 is 14.3 Å². The summed E-state index contributed by atoms with van der Waals surface area (Å²) in [6.07, 6.45) is 0. The third-order valence-electron chi connectivity index (χ3n) is 3.02. The summed E-state index contributed by atoms with van der Waals surface area (Å²) in [6, 6.07) is 14.5. The number of aryl methyl sites for hydroxylation is 1. The summed E-state index contributed by atoms with van der Waals surface area (Å²) in [4.78, 5) is 23.8. The van der Waals surface area contributed by atoms with Gasteiger partial charge in [0, 0.05) is 3.57 Å². The number of rotatable bonds is 4. The monoisotopic (exact) mass is 469 g/mol. The molecule has 8 heteroatoms. The van der Waals surface area contributed by atoms with Crippen molar-refractivity contribution >= 4 is 51.7 Å². The molecular formula is C17H16IN3O3S. The van der Waals surface area contributed by atoms with E-state index in [1.165, 1.54) is 0 Å². The maximum Gasteiger partial charge on any atom is 0.276 e. The molecule has 0 aliphatic rings. The topological polar surface area (TPSA) is 79.5 Å². The molecular weight excluding hydrogens is 453 g/mol. The molecule has 6 nitrogen and oxygen atoms in total. The number of nitrogens with one attached hydrogen (secondary N) is 3. The lowest BCUT2D eigenvalue weighted by molar-refractivity contribution is -0.123. The van der Waals surface area contributed by atoms with Gasteiger partial charge in [-0.2, -0.15) is 0 Å². The second-order valence-electron chi connectivity index (χ2n) is 5.04. The number of halogens is 1. The Labute approximate surface area is 164 Å². The summed E-state index contributed by atoms with van der Waals surface area (Å²) in [5, 5.41) is 2.49. The smallest absolute Gasteiger partial charge is 0.276 e. The van der Waals surface area contributed by atoms with Gasteiger partial charge in [0.15, 0.2) is 11.7 Å². The Morgan fingerprint density at radius 2 is 1.88 bits per heavy atom. The van der Waals surface area contributed by atoms with Gasteiger partial charge in [0.05, 0.1) is 5.56 Å². The van der Waals surface area contributed by atoms with Crippen LogP contribution < -0.4 is 20.9 Å². The van der Waals surface area contributed by atoms with Crippen molar-refractivity contribution in [1.29, 1.82) is 0 Å². The zero-order valence-electron chi connectivity index (χ0n) is 13.3. The normalized spacial score (nSPS) is 9.84. The molecule has 0 unspecified atom stereocenters. The fourth-order valence-electron chi connectivity index (χ4n) is 1.86. The number of hydrogen-bond acceptors (Lipinski definition) is 4. The molecule has 130 valence electrons. The van der Waals surface area contributed by atoms with E-state index in [1.807, 2.05) is 37.3 Å². The average Bonchev–Trinajstić information content (AvgIpc) is 2.58. The molecule has 0 aliphatic carbocycles. The molecule has 0 heterocycles. The van der Waals surface area contributed by atoms with Crippen molar-refractivity contribution in [3.8, 4) is 5.75 Å². The minimum atomic E-state index is -0.424. The second kappa shape index (κ2) is 9.33. The Hall–Kier alpha value is -2.20. The van der Waals surface area contributed by atoms with Crippen LogP contribution in [0.3, 0.4) is 0 Å². The molecule has 2 amide bonds. The predicted octanol–water partition coefficient (Wildman–Crippen LogP) is 2.31. The number of thiocarbonyl (C=S) groups is 1. The highest BCUT2D eigenvalue weighted by Crippen LogP contribution is 2.12. The van der Waals surface area contributed by atoms with Gasteiger partial charge in [-0.25, -0.2) is 0 Å². The molecule has 0 saturated heterocycles. The van der Waals surface area contributed by atoms with Crippen LogP contribution >= 0.6 is 34.8 Å². The quantitative estimate of drug-likeness (QED) is 0.364. The summed E-state index contributed by atoms with van der Waals surface area (Å²) in [7, 11) is 0. The van der Waals surface area contributed by atoms with Gasteiger partial charge in [0.2, 0.25) is 0 Å². The van der Waals surface area contributed by atoms with Crippen molar-refractivity contribution in [2.45, 2.75) is 6.92 Å². The van der Waals surface area contributed by atoms with Crippen LogP contribution in [0.4, 0.5) is 0 Å². The third-order valence-corrected chi connectivity index (χ3v) is 4.17. The number of carbonyl (C=O) groups excluding carboxylic acids is 2. The number of ether oxygens (including phenoxy) is 1. The minimum Gasteiger partial charge on any atom is -0.484 e. The molecule has 0 radical (unpaired) electrons. The second-order valence-corrected chi connectivity index (χ2v) is 6.61. The standard InChI is InChI=1S/C17H16IN3O3S/c1-11-5-4-6-12(9-11)24-10-15(22)20-21-17(25)19-16(23)13-7-2-3-8-14(13)18/h2-9H,10H2,1H3,(H,20,22)(H2,19,21,23,25). The van der Waals surface area contributed by atoms with E-state index < -0.39 is 5.91 Å². The Bertz CT molecular complexity index is 798. The third kappa shape index (κ3) is 6.31. The van der Waals surface area contributed by atoms with E-state index in [1.54, 1.807) is 18.2 Å². The van der Waals surface area contributed by atoms with E-state index in [0.29, 0.717) is 11.3 Å². The maximum absolute atomic E-state index is 12.1. The molecule has 0 aliphatic heterocycles. The Morgan fingerprint density at radius 3 is 2.60 bits per heavy atom. The molecule has 0 spiro atoms. The van der Waals surface area contributed by atoms with Crippen LogP contribution in [0, 0.1) is 10.5 Å². The largest absolute Gasteiger partial charge is 0.484 e. The van der Waals surface area contributed by atoms with Crippen molar-refractivity contribution in [2.75, 3.05) is 6.61 Å². The minimum absolute atomic E-state index is 0.00596. The number of hydrogen-bond donors (Lipinski definition) is 3. The van der Waals surface area contributed by atoms with Crippen LogP contribution in [0.25, 0.3) is 0 Å². The SMILES string of the molecule is Cc1cccc(OCC(=O)NNC(=S)NC(=O)c2ccccc2I)c1. The zero-order chi connectivity index (χ0) is 18.2. The van der Waals surface area contributed by atoms with Crippen LogP contribution in [-0.2, 0) is 4.79 Å². The first-order valence-corrected chi connectivity index (χ1v) is 8.78. The van der Waals surface area contributed by atoms with Crippen molar-refractivity contribution in [3.05, 3.63) is 63.2 Å². The molecule has 2 aromatic carbocycles. The number of amides is 2. The van der Waals surface area contributed by atoms with E-state index >= 15 is 0 Å². The van der Waals surface area contributed by atoms with Crippen LogP contribution in [0.1, 0.15) is 15.9 Å². The lowest BCUT2D eigenvalue weighted by Crippen LogP contribution is -2.49. The van der Waals surface area contributed by atoms with E-state index in [2.05, 4.69) is 38.8 Å². The maximum atomic E-state index is 12.1. The van der Waals surface area contributed by atoms with E-state index in [4.69, 9.17) is 17.0 Å². The number of hydrazine groups is 1. The van der Waals surface area contributed by atoms with Gasteiger partial charge in [0.25, 0.3) is 11.8 Å². The fraction of sp³-hybridized carbons (Fsp3) is 0.118. The highest BCUT2D eigenvalue weighted by Gasteiger charge is 2.11. The summed E-state index contributed by atoms with van der Waals surface area (Å²) in [5.74, 6) is -0.176. The Balaban J connectivity index is 1.75. The molecule has 0 atom stereocenters. The van der Waals surface area contributed by atoms with Gasteiger partial charge < -0.3 is 4.74 Å². The molecule has 0 saturated carbocycles. The molecule has 2 rings (SSSR count). The molecule has 25 heavy (non-hydrogen) atoms.